The van der Waals surface area contributed by atoms with Gasteiger partial charge in [-0.25, -0.2) is 13.8 Å². The van der Waals surface area contributed by atoms with E-state index >= 15 is 0 Å². The molecule has 1 spiro atoms. The number of nitrogens with one attached hydrogen (secondary N) is 1. The molecule has 0 bridgehead atoms. The van der Waals surface area contributed by atoms with E-state index in [-0.39, 0.29) is 28.7 Å². The minimum atomic E-state index is -2.60. The number of alkyl halides is 2. The molecule has 1 saturated heterocycles. The molecule has 26 heavy (non-hydrogen) atoms. The third-order valence-corrected chi connectivity index (χ3v) is 5.45. The van der Waals surface area contributed by atoms with Gasteiger partial charge in [-0.1, -0.05) is 0 Å². The lowest BCUT2D eigenvalue weighted by atomic mass is 9.76. The van der Waals surface area contributed by atoms with Gasteiger partial charge in [-0.2, -0.15) is 0 Å². The van der Waals surface area contributed by atoms with Crippen molar-refractivity contribution in [1.29, 1.82) is 0 Å². The molecule has 1 saturated carbocycles. The highest BCUT2D eigenvalue weighted by atomic mass is 19.3. The first-order valence-electron chi connectivity index (χ1n) is 8.91. The van der Waals surface area contributed by atoms with Crippen LogP contribution in [0.2, 0.25) is 0 Å². The van der Waals surface area contributed by atoms with E-state index in [1.54, 1.807) is 0 Å². The lowest BCUT2D eigenvalue weighted by molar-refractivity contribution is -0.0555. The summed E-state index contributed by atoms with van der Waals surface area (Å²) < 4.78 is 34.6. The van der Waals surface area contributed by atoms with E-state index in [0.29, 0.717) is 19.8 Å². The van der Waals surface area contributed by atoms with Crippen molar-refractivity contribution >= 4 is 5.91 Å². The first-order chi connectivity index (χ1) is 12.5. The normalized spacial score (nSPS) is 24.8. The summed E-state index contributed by atoms with van der Waals surface area (Å²) in [5.41, 5.74) is 0.207. The minimum absolute atomic E-state index is 0.00782. The van der Waals surface area contributed by atoms with Crippen molar-refractivity contribution in [3.8, 4) is 5.88 Å². The molecule has 0 radical (unpaired) electrons. The number of amides is 1. The topological polar surface area (TPSA) is 80.7 Å². The predicted octanol–water partition coefficient (Wildman–Crippen LogP) is 2.02. The third kappa shape index (κ3) is 4.29. The molecule has 1 amide bonds. The quantitative estimate of drug-likeness (QED) is 0.801. The van der Waals surface area contributed by atoms with E-state index in [1.165, 1.54) is 18.3 Å². The number of hydrogen-bond acceptors (Lipinski definition) is 5. The van der Waals surface area contributed by atoms with Gasteiger partial charge in [0.05, 0.1) is 6.10 Å². The van der Waals surface area contributed by atoms with Crippen LogP contribution in [-0.4, -0.2) is 54.9 Å². The maximum Gasteiger partial charge on any atom is 0.272 e. The fourth-order valence-electron chi connectivity index (χ4n) is 3.92. The van der Waals surface area contributed by atoms with Crippen molar-refractivity contribution in [2.75, 3.05) is 26.4 Å². The second kappa shape index (κ2) is 8.26. The van der Waals surface area contributed by atoms with Crippen LogP contribution in [0.15, 0.2) is 18.3 Å². The maximum atomic E-state index is 12.3. The molecule has 3 rings (SSSR count). The molecule has 2 aliphatic rings. The highest BCUT2D eigenvalue weighted by Crippen LogP contribution is 2.48. The monoisotopic (exact) mass is 370 g/mol. The van der Waals surface area contributed by atoms with Crippen LogP contribution >= 0.6 is 0 Å². The number of halogens is 2. The average molecular weight is 370 g/mol. The van der Waals surface area contributed by atoms with Gasteiger partial charge in [-0.05, 0) is 31.7 Å². The molecule has 144 valence electrons. The molecule has 2 fully saturated rings. The largest absolute Gasteiger partial charge is 0.472 e. The van der Waals surface area contributed by atoms with E-state index in [9.17, 15) is 18.7 Å². The van der Waals surface area contributed by atoms with Gasteiger partial charge in [-0.15, -0.1) is 0 Å². The Labute approximate surface area is 150 Å². The van der Waals surface area contributed by atoms with Crippen molar-refractivity contribution in [3.63, 3.8) is 0 Å². The fraction of sp³-hybridized carbons (Fsp3) is 0.667. The Bertz CT molecular complexity index is 623. The molecule has 1 aliphatic carbocycles. The summed E-state index contributed by atoms with van der Waals surface area (Å²) >= 11 is 0. The van der Waals surface area contributed by atoms with Gasteiger partial charge in [0.25, 0.3) is 12.3 Å². The molecular formula is C18H24F2N2O4. The van der Waals surface area contributed by atoms with E-state index in [4.69, 9.17) is 9.47 Å². The molecule has 1 aromatic rings. The first-order valence-corrected chi connectivity index (χ1v) is 8.91. The van der Waals surface area contributed by atoms with Crippen LogP contribution in [0.25, 0.3) is 0 Å². The molecule has 2 heterocycles. The van der Waals surface area contributed by atoms with Crippen LogP contribution in [0.3, 0.4) is 0 Å². The number of aliphatic hydroxyl groups excluding tert-OH is 1. The SMILES string of the molecule is O=C(NCC1CCC2(CCOCC2)C1O)c1ccnc(OCC(F)F)c1. The van der Waals surface area contributed by atoms with E-state index in [2.05, 4.69) is 10.3 Å². The fourth-order valence-corrected chi connectivity index (χ4v) is 3.92. The van der Waals surface area contributed by atoms with Crippen molar-refractivity contribution < 1.29 is 28.2 Å². The molecule has 8 heteroatoms. The Hall–Kier alpha value is -1.80. The van der Waals surface area contributed by atoms with Gasteiger partial charge in [-0.3, -0.25) is 4.79 Å². The van der Waals surface area contributed by atoms with Crippen molar-refractivity contribution in [1.82, 2.24) is 10.3 Å². The zero-order chi connectivity index (χ0) is 18.6. The molecular weight excluding hydrogens is 346 g/mol. The maximum absolute atomic E-state index is 12.3. The smallest absolute Gasteiger partial charge is 0.272 e. The van der Waals surface area contributed by atoms with Crippen LogP contribution in [0.1, 0.15) is 36.0 Å². The van der Waals surface area contributed by atoms with Crippen LogP contribution in [0, 0.1) is 11.3 Å². The number of pyridine rings is 1. The number of rotatable bonds is 6. The van der Waals surface area contributed by atoms with Crippen LogP contribution in [0.5, 0.6) is 5.88 Å². The Kier molecular flexibility index (Phi) is 6.03. The van der Waals surface area contributed by atoms with E-state index < -0.39 is 19.1 Å². The standard InChI is InChI=1S/C18H24F2N2O4/c19-14(20)11-26-15-9-12(2-6-21-15)17(24)22-10-13-1-3-18(16(13)23)4-7-25-8-5-18/h2,6,9,13-14,16,23H,1,3-5,7-8,10-11H2,(H,22,24). The Morgan fingerprint density at radius 1 is 1.42 bits per heavy atom. The molecule has 1 aromatic heterocycles. The van der Waals surface area contributed by atoms with Crippen LogP contribution in [-0.2, 0) is 4.74 Å². The van der Waals surface area contributed by atoms with Gasteiger partial charge in [0.15, 0.2) is 6.61 Å². The van der Waals surface area contributed by atoms with Crippen molar-refractivity contribution in [3.05, 3.63) is 23.9 Å². The van der Waals surface area contributed by atoms with E-state index in [0.717, 1.165) is 25.7 Å². The number of aromatic nitrogens is 1. The molecule has 2 atom stereocenters. The van der Waals surface area contributed by atoms with Crippen LogP contribution < -0.4 is 10.1 Å². The highest BCUT2D eigenvalue weighted by molar-refractivity contribution is 5.94. The third-order valence-electron chi connectivity index (χ3n) is 5.45. The lowest BCUT2D eigenvalue weighted by Gasteiger charge is -2.37. The summed E-state index contributed by atoms with van der Waals surface area (Å²) in [6.45, 7) is 0.958. The number of nitrogens with zero attached hydrogens (tertiary/aromatic N) is 1. The Balaban J connectivity index is 1.53. The average Bonchev–Trinajstić information content (AvgIpc) is 2.94. The molecule has 2 N–H and O–H groups in total. The second-order valence-electron chi connectivity index (χ2n) is 7.01. The second-order valence-corrected chi connectivity index (χ2v) is 7.01. The molecule has 1 aliphatic heterocycles. The minimum Gasteiger partial charge on any atom is -0.472 e. The number of ether oxygens (including phenoxy) is 2. The van der Waals surface area contributed by atoms with Gasteiger partial charge < -0.3 is 19.9 Å². The number of carbonyl (C=O) groups is 1. The highest BCUT2D eigenvalue weighted by Gasteiger charge is 2.48. The molecule has 0 aromatic carbocycles. The molecule has 6 nitrogen and oxygen atoms in total. The summed E-state index contributed by atoms with van der Waals surface area (Å²) in [5.74, 6) is -0.345. The van der Waals surface area contributed by atoms with Crippen LogP contribution in [0.4, 0.5) is 8.78 Å². The lowest BCUT2D eigenvalue weighted by Crippen LogP contribution is -2.41. The summed E-state index contributed by atoms with van der Waals surface area (Å²) in [6, 6.07) is 2.83. The van der Waals surface area contributed by atoms with Gasteiger partial charge in [0, 0.05) is 48.9 Å². The zero-order valence-electron chi connectivity index (χ0n) is 14.5. The summed E-state index contributed by atoms with van der Waals surface area (Å²) in [7, 11) is 0. The summed E-state index contributed by atoms with van der Waals surface area (Å²) in [6.07, 6.45) is 1.81. The number of carbonyl (C=O) groups excluding carboxylic acids is 1. The van der Waals surface area contributed by atoms with Gasteiger partial charge in [0.1, 0.15) is 0 Å². The summed E-state index contributed by atoms with van der Waals surface area (Å²) in [5, 5.41) is 13.5. The van der Waals surface area contributed by atoms with Gasteiger partial charge >= 0.3 is 0 Å². The van der Waals surface area contributed by atoms with Crippen molar-refractivity contribution in [2.45, 2.75) is 38.2 Å². The number of aliphatic hydroxyl groups is 1. The van der Waals surface area contributed by atoms with E-state index in [1.807, 2.05) is 0 Å². The predicted molar refractivity (Wildman–Crippen MR) is 89.3 cm³/mol. The molecule has 2 unspecified atom stereocenters. The zero-order valence-corrected chi connectivity index (χ0v) is 14.5. The Morgan fingerprint density at radius 2 is 2.19 bits per heavy atom. The number of hydrogen-bond donors (Lipinski definition) is 2. The first kappa shape index (κ1) is 19.0. The van der Waals surface area contributed by atoms with Crippen molar-refractivity contribution in [2.24, 2.45) is 11.3 Å². The summed E-state index contributed by atoms with van der Waals surface area (Å²) in [4.78, 5) is 16.1. The Morgan fingerprint density at radius 3 is 2.92 bits per heavy atom. The van der Waals surface area contributed by atoms with Gasteiger partial charge in [0.2, 0.25) is 5.88 Å².